The van der Waals surface area contributed by atoms with Crippen LogP contribution in [0.2, 0.25) is 5.02 Å². The molecule has 0 fully saturated rings. The Morgan fingerprint density at radius 1 is 1.10 bits per heavy atom. The number of carbonyl (C=O) groups excluding carboxylic acids is 1. The molecule has 0 N–H and O–H groups in total. The minimum absolute atomic E-state index is 0.0482. The Balaban J connectivity index is 2.38. The van der Waals surface area contributed by atoms with Gasteiger partial charge in [0.05, 0.1) is 9.50 Å². The molecule has 0 bridgehead atoms. The molecule has 2 aromatic rings. The summed E-state index contributed by atoms with van der Waals surface area (Å²) in [7, 11) is 0. The van der Waals surface area contributed by atoms with E-state index < -0.39 is 29.7 Å². The van der Waals surface area contributed by atoms with Gasteiger partial charge in [-0.25, -0.2) is 13.2 Å². The molecule has 104 valence electrons. The maximum atomic E-state index is 13.8. The molecule has 0 atom stereocenters. The van der Waals surface area contributed by atoms with E-state index in [1.54, 1.807) is 0 Å². The fraction of sp³-hybridized carbons (Fsp3) is 0.0714. The summed E-state index contributed by atoms with van der Waals surface area (Å²) in [5, 5.41) is -0.353. The van der Waals surface area contributed by atoms with Crippen molar-refractivity contribution in [1.29, 1.82) is 0 Å². The Bertz CT molecular complexity index is 688. The zero-order valence-electron chi connectivity index (χ0n) is 9.89. The van der Waals surface area contributed by atoms with Gasteiger partial charge < -0.3 is 0 Å². The van der Waals surface area contributed by atoms with E-state index in [0.717, 1.165) is 12.1 Å². The van der Waals surface area contributed by atoms with Crippen LogP contribution in [0.25, 0.3) is 0 Å². The highest BCUT2D eigenvalue weighted by molar-refractivity contribution is 9.10. The second kappa shape index (κ2) is 5.97. The van der Waals surface area contributed by atoms with Crippen LogP contribution < -0.4 is 0 Å². The highest BCUT2D eigenvalue weighted by Crippen LogP contribution is 2.25. The molecule has 2 rings (SSSR count). The third kappa shape index (κ3) is 2.88. The third-order valence-corrected chi connectivity index (χ3v) is 3.72. The molecule has 0 aliphatic heterocycles. The largest absolute Gasteiger partial charge is 0.294 e. The summed E-state index contributed by atoms with van der Waals surface area (Å²) in [6, 6.07) is 5.96. The van der Waals surface area contributed by atoms with Gasteiger partial charge in [-0.05, 0) is 40.2 Å². The minimum atomic E-state index is -0.856. The second-order valence-corrected chi connectivity index (χ2v) is 5.26. The van der Waals surface area contributed by atoms with Crippen molar-refractivity contribution in [3.63, 3.8) is 0 Å². The highest BCUT2D eigenvalue weighted by atomic mass is 79.9. The average molecular weight is 364 g/mol. The number of halogens is 5. The maximum absolute atomic E-state index is 13.8. The number of hydrogen-bond donors (Lipinski definition) is 0. The van der Waals surface area contributed by atoms with Crippen LogP contribution in [0.3, 0.4) is 0 Å². The zero-order valence-corrected chi connectivity index (χ0v) is 12.2. The molecule has 1 nitrogen and oxygen atoms in total. The van der Waals surface area contributed by atoms with E-state index in [4.69, 9.17) is 11.6 Å². The summed E-state index contributed by atoms with van der Waals surface area (Å²) in [6.07, 6.45) is -0.541. The molecule has 20 heavy (non-hydrogen) atoms. The van der Waals surface area contributed by atoms with Gasteiger partial charge in [-0.1, -0.05) is 17.7 Å². The molecule has 0 aliphatic carbocycles. The molecule has 0 heterocycles. The molecular weight excluding hydrogens is 357 g/mol. The van der Waals surface area contributed by atoms with Gasteiger partial charge in [0, 0.05) is 17.5 Å². The van der Waals surface area contributed by atoms with Crippen molar-refractivity contribution in [3.8, 4) is 0 Å². The van der Waals surface area contributed by atoms with Crippen molar-refractivity contribution >= 4 is 33.3 Å². The lowest BCUT2D eigenvalue weighted by molar-refractivity contribution is 0.0990. The van der Waals surface area contributed by atoms with Gasteiger partial charge >= 0.3 is 0 Å². The van der Waals surface area contributed by atoms with Gasteiger partial charge in [0.1, 0.15) is 17.5 Å². The Labute approximate surface area is 126 Å². The second-order valence-electron chi connectivity index (χ2n) is 4.02. The molecule has 6 heteroatoms. The average Bonchev–Trinajstić information content (AvgIpc) is 2.42. The summed E-state index contributed by atoms with van der Waals surface area (Å²) in [6.45, 7) is 0. The SMILES string of the molecule is O=C(Cc1c(F)ccc(Br)c1F)c1cccc(F)c1Cl. The van der Waals surface area contributed by atoms with Crippen molar-refractivity contribution in [2.24, 2.45) is 0 Å². The van der Waals surface area contributed by atoms with E-state index in [1.807, 2.05) is 0 Å². The van der Waals surface area contributed by atoms with E-state index in [1.165, 1.54) is 18.2 Å². The van der Waals surface area contributed by atoms with Gasteiger partial charge in [-0.2, -0.15) is 0 Å². The van der Waals surface area contributed by atoms with Crippen LogP contribution in [0, 0.1) is 17.5 Å². The summed E-state index contributed by atoms with van der Waals surface area (Å²) >= 11 is 8.59. The van der Waals surface area contributed by atoms with E-state index in [2.05, 4.69) is 15.9 Å². The number of hydrogen-bond acceptors (Lipinski definition) is 1. The lowest BCUT2D eigenvalue weighted by atomic mass is 10.0. The summed E-state index contributed by atoms with van der Waals surface area (Å²) in [5.41, 5.74) is -0.491. The fourth-order valence-electron chi connectivity index (χ4n) is 1.71. The van der Waals surface area contributed by atoms with Crippen molar-refractivity contribution < 1.29 is 18.0 Å². The fourth-order valence-corrected chi connectivity index (χ4v) is 2.31. The van der Waals surface area contributed by atoms with Gasteiger partial charge in [-0.3, -0.25) is 4.79 Å². The summed E-state index contributed by atoms with van der Waals surface area (Å²) < 4.78 is 40.6. The number of rotatable bonds is 3. The van der Waals surface area contributed by atoms with Gasteiger partial charge in [0.15, 0.2) is 5.78 Å². The van der Waals surface area contributed by atoms with Crippen LogP contribution in [0.1, 0.15) is 15.9 Å². The van der Waals surface area contributed by atoms with E-state index in [-0.39, 0.29) is 20.6 Å². The van der Waals surface area contributed by atoms with Crippen LogP contribution in [0.4, 0.5) is 13.2 Å². The molecule has 0 spiro atoms. The standard InChI is InChI=1S/C14H7BrClF3O/c15-9-4-5-10(17)8(14(9)19)6-12(20)7-2-1-3-11(18)13(7)16/h1-5H,6H2. The van der Waals surface area contributed by atoms with Crippen LogP contribution in [-0.2, 0) is 6.42 Å². The summed E-state index contributed by atoms with van der Waals surface area (Å²) in [4.78, 5) is 12.0. The molecule has 0 aromatic heterocycles. The van der Waals surface area contributed by atoms with Crippen molar-refractivity contribution in [3.05, 3.63) is 68.4 Å². The predicted octanol–water partition coefficient (Wildman–Crippen LogP) is 4.95. The smallest absolute Gasteiger partial charge is 0.169 e. The highest BCUT2D eigenvalue weighted by Gasteiger charge is 2.19. The first-order valence-electron chi connectivity index (χ1n) is 5.51. The molecule has 0 aliphatic rings. The first-order valence-corrected chi connectivity index (χ1v) is 6.68. The maximum Gasteiger partial charge on any atom is 0.169 e. The van der Waals surface area contributed by atoms with Crippen LogP contribution in [0.5, 0.6) is 0 Å². The Kier molecular flexibility index (Phi) is 4.50. The quantitative estimate of drug-likeness (QED) is 0.557. The topological polar surface area (TPSA) is 17.1 Å². The first-order chi connectivity index (χ1) is 9.41. The van der Waals surface area contributed by atoms with Gasteiger partial charge in [0.2, 0.25) is 0 Å². The molecular formula is C14H7BrClF3O. The molecule has 0 amide bonds. The minimum Gasteiger partial charge on any atom is -0.294 e. The molecule has 2 aromatic carbocycles. The first kappa shape index (κ1) is 15.1. The van der Waals surface area contributed by atoms with Crippen LogP contribution >= 0.6 is 27.5 Å². The van der Waals surface area contributed by atoms with Crippen LogP contribution in [-0.4, -0.2) is 5.78 Å². The van der Waals surface area contributed by atoms with E-state index >= 15 is 0 Å². The third-order valence-electron chi connectivity index (χ3n) is 2.73. The Morgan fingerprint density at radius 2 is 1.80 bits per heavy atom. The van der Waals surface area contributed by atoms with E-state index in [0.29, 0.717) is 0 Å². The zero-order chi connectivity index (χ0) is 14.9. The number of benzene rings is 2. The van der Waals surface area contributed by atoms with Crippen molar-refractivity contribution in [2.75, 3.05) is 0 Å². The lowest BCUT2D eigenvalue weighted by Gasteiger charge is -2.07. The normalized spacial score (nSPS) is 10.7. The molecule has 0 radical (unpaired) electrons. The number of carbonyl (C=O) groups is 1. The number of Topliss-reactive ketones (excluding diaryl/α,β-unsaturated/α-hetero) is 1. The van der Waals surface area contributed by atoms with Crippen molar-refractivity contribution in [2.45, 2.75) is 6.42 Å². The van der Waals surface area contributed by atoms with Crippen molar-refractivity contribution in [1.82, 2.24) is 0 Å². The number of ketones is 1. The summed E-state index contributed by atoms with van der Waals surface area (Å²) in [5.74, 6) is -3.12. The predicted molar refractivity (Wildman–Crippen MR) is 73.5 cm³/mol. The monoisotopic (exact) mass is 362 g/mol. The molecule has 0 unspecified atom stereocenters. The lowest BCUT2D eigenvalue weighted by Crippen LogP contribution is -2.09. The Morgan fingerprint density at radius 3 is 2.50 bits per heavy atom. The van der Waals surface area contributed by atoms with Gasteiger partial charge in [0.25, 0.3) is 0 Å². The molecule has 0 saturated heterocycles. The van der Waals surface area contributed by atoms with Crippen LogP contribution in [0.15, 0.2) is 34.8 Å². The van der Waals surface area contributed by atoms with Gasteiger partial charge in [-0.15, -0.1) is 0 Å². The van der Waals surface area contributed by atoms with E-state index in [9.17, 15) is 18.0 Å². The Hall–Kier alpha value is -1.33. The molecule has 0 saturated carbocycles.